The van der Waals surface area contributed by atoms with Gasteiger partial charge in [-0.25, -0.2) is 0 Å². The predicted molar refractivity (Wildman–Crippen MR) is 58.1 cm³/mol. The minimum absolute atomic E-state index is 0.0642. The summed E-state index contributed by atoms with van der Waals surface area (Å²) in [5.74, 6) is -0.181. The van der Waals surface area contributed by atoms with Gasteiger partial charge in [0, 0.05) is 12.3 Å². The van der Waals surface area contributed by atoms with E-state index in [2.05, 4.69) is 22.9 Å². The summed E-state index contributed by atoms with van der Waals surface area (Å²) >= 11 is 3.34. The van der Waals surface area contributed by atoms with Gasteiger partial charge in [0.05, 0.1) is 0 Å². The Hall–Kier alpha value is -0.0500. The number of halogens is 1. The van der Waals surface area contributed by atoms with Crippen LogP contribution in [0.25, 0.3) is 0 Å². The van der Waals surface area contributed by atoms with Gasteiger partial charge in [-0.3, -0.25) is 4.79 Å². The smallest absolute Gasteiger partial charge is 0.302 e. The van der Waals surface area contributed by atoms with Gasteiger partial charge in [0.2, 0.25) is 0 Å². The van der Waals surface area contributed by atoms with E-state index in [-0.39, 0.29) is 12.1 Å². The van der Waals surface area contributed by atoms with Gasteiger partial charge in [-0.05, 0) is 12.8 Å². The second kappa shape index (κ2) is 8.54. The average molecular weight is 251 g/mol. The number of hydrogen-bond acceptors (Lipinski definition) is 2. The molecule has 0 aliphatic carbocycles. The third-order valence-corrected chi connectivity index (χ3v) is 2.61. The van der Waals surface area contributed by atoms with Gasteiger partial charge >= 0.3 is 5.97 Å². The third kappa shape index (κ3) is 8.28. The van der Waals surface area contributed by atoms with Crippen molar-refractivity contribution >= 4 is 21.9 Å². The highest BCUT2D eigenvalue weighted by Gasteiger charge is 2.09. The number of unbranched alkanes of at least 4 members (excludes halogenated alkanes) is 3. The molecule has 0 saturated heterocycles. The van der Waals surface area contributed by atoms with Crippen LogP contribution >= 0.6 is 15.9 Å². The maximum atomic E-state index is 10.7. The third-order valence-electron chi connectivity index (χ3n) is 1.88. The van der Waals surface area contributed by atoms with E-state index < -0.39 is 0 Å². The van der Waals surface area contributed by atoms with Crippen LogP contribution < -0.4 is 0 Å². The summed E-state index contributed by atoms with van der Waals surface area (Å²) in [6, 6.07) is 0. The van der Waals surface area contributed by atoms with Crippen LogP contribution in [0.2, 0.25) is 0 Å². The van der Waals surface area contributed by atoms with E-state index in [1.54, 1.807) is 0 Å². The van der Waals surface area contributed by atoms with Crippen molar-refractivity contribution in [1.29, 1.82) is 0 Å². The first-order chi connectivity index (χ1) is 6.20. The standard InChI is InChI=1S/C10H19BrO2/c1-3-4-5-6-7-10(8-11)13-9(2)12/h10H,3-8H2,1-2H3. The van der Waals surface area contributed by atoms with E-state index in [1.165, 1.54) is 26.2 Å². The number of carbonyl (C=O) groups excluding carboxylic acids is 1. The lowest BCUT2D eigenvalue weighted by Gasteiger charge is -2.13. The number of alkyl halides is 1. The molecule has 0 bridgehead atoms. The Kier molecular flexibility index (Phi) is 8.51. The monoisotopic (exact) mass is 250 g/mol. The molecule has 1 atom stereocenters. The average Bonchev–Trinajstić information content (AvgIpc) is 2.09. The Morgan fingerprint density at radius 3 is 2.54 bits per heavy atom. The van der Waals surface area contributed by atoms with Crippen LogP contribution in [0.4, 0.5) is 0 Å². The van der Waals surface area contributed by atoms with Crippen LogP contribution in [-0.4, -0.2) is 17.4 Å². The molecule has 3 heteroatoms. The minimum Gasteiger partial charge on any atom is -0.462 e. The number of ether oxygens (including phenoxy) is 1. The summed E-state index contributed by atoms with van der Waals surface area (Å²) in [5.41, 5.74) is 0. The second-order valence-electron chi connectivity index (χ2n) is 3.24. The van der Waals surface area contributed by atoms with Gasteiger partial charge in [-0.1, -0.05) is 42.1 Å². The molecule has 0 radical (unpaired) electrons. The summed E-state index contributed by atoms with van der Waals surface area (Å²) in [7, 11) is 0. The largest absolute Gasteiger partial charge is 0.462 e. The Morgan fingerprint density at radius 2 is 2.08 bits per heavy atom. The van der Waals surface area contributed by atoms with Crippen molar-refractivity contribution in [2.24, 2.45) is 0 Å². The fourth-order valence-electron chi connectivity index (χ4n) is 1.20. The molecule has 0 fully saturated rings. The Balaban J connectivity index is 3.42. The number of hydrogen-bond donors (Lipinski definition) is 0. The molecule has 0 heterocycles. The van der Waals surface area contributed by atoms with E-state index in [0.717, 1.165) is 18.2 Å². The van der Waals surface area contributed by atoms with Crippen LogP contribution in [-0.2, 0) is 9.53 Å². The highest BCUT2D eigenvalue weighted by Crippen LogP contribution is 2.10. The normalized spacial score (nSPS) is 12.5. The zero-order chi connectivity index (χ0) is 10.1. The van der Waals surface area contributed by atoms with E-state index in [4.69, 9.17) is 4.74 Å². The summed E-state index contributed by atoms with van der Waals surface area (Å²) in [4.78, 5) is 10.7. The van der Waals surface area contributed by atoms with Crippen molar-refractivity contribution in [2.45, 2.75) is 52.1 Å². The summed E-state index contributed by atoms with van der Waals surface area (Å²) < 4.78 is 5.09. The van der Waals surface area contributed by atoms with Crippen molar-refractivity contribution in [3.63, 3.8) is 0 Å². The SMILES string of the molecule is CCCCCCC(CBr)OC(C)=O. The van der Waals surface area contributed by atoms with Crippen LogP contribution in [0.3, 0.4) is 0 Å². The van der Waals surface area contributed by atoms with Crippen molar-refractivity contribution in [3.05, 3.63) is 0 Å². The molecular formula is C10H19BrO2. The van der Waals surface area contributed by atoms with E-state index >= 15 is 0 Å². The van der Waals surface area contributed by atoms with Crippen LogP contribution in [0.5, 0.6) is 0 Å². The van der Waals surface area contributed by atoms with Gasteiger partial charge in [-0.15, -0.1) is 0 Å². The van der Waals surface area contributed by atoms with Gasteiger partial charge < -0.3 is 4.74 Å². The van der Waals surface area contributed by atoms with Gasteiger partial charge in [0.1, 0.15) is 6.10 Å². The maximum Gasteiger partial charge on any atom is 0.302 e. The predicted octanol–water partition coefficient (Wildman–Crippen LogP) is 3.28. The number of rotatable bonds is 7. The lowest BCUT2D eigenvalue weighted by Crippen LogP contribution is -2.17. The van der Waals surface area contributed by atoms with Crippen molar-refractivity contribution < 1.29 is 9.53 Å². The van der Waals surface area contributed by atoms with Crippen molar-refractivity contribution in [1.82, 2.24) is 0 Å². The van der Waals surface area contributed by atoms with E-state index in [9.17, 15) is 4.79 Å². The molecule has 13 heavy (non-hydrogen) atoms. The van der Waals surface area contributed by atoms with E-state index in [0.29, 0.717) is 0 Å². The molecule has 0 aliphatic rings. The zero-order valence-corrected chi connectivity index (χ0v) is 10.1. The molecule has 78 valence electrons. The molecule has 2 nitrogen and oxygen atoms in total. The minimum atomic E-state index is -0.181. The van der Waals surface area contributed by atoms with Crippen LogP contribution in [0, 0.1) is 0 Å². The maximum absolute atomic E-state index is 10.7. The zero-order valence-electron chi connectivity index (χ0n) is 8.51. The molecule has 0 aliphatic heterocycles. The molecule has 0 spiro atoms. The summed E-state index contributed by atoms with van der Waals surface area (Å²) in [5, 5.41) is 0.749. The summed E-state index contributed by atoms with van der Waals surface area (Å²) in [6.07, 6.45) is 5.94. The molecule has 0 rings (SSSR count). The summed E-state index contributed by atoms with van der Waals surface area (Å²) in [6.45, 7) is 3.65. The Bertz CT molecular complexity index is 137. The first-order valence-corrected chi connectivity index (χ1v) is 6.06. The number of carbonyl (C=O) groups is 1. The second-order valence-corrected chi connectivity index (χ2v) is 3.88. The molecule has 0 aromatic carbocycles. The number of esters is 1. The topological polar surface area (TPSA) is 26.3 Å². The molecule has 0 N–H and O–H groups in total. The molecule has 0 aromatic heterocycles. The van der Waals surface area contributed by atoms with Gasteiger partial charge in [0.25, 0.3) is 0 Å². The molecular weight excluding hydrogens is 232 g/mol. The lowest BCUT2D eigenvalue weighted by molar-refractivity contribution is -0.145. The van der Waals surface area contributed by atoms with Gasteiger partial charge in [-0.2, -0.15) is 0 Å². The lowest BCUT2D eigenvalue weighted by atomic mass is 10.1. The molecule has 0 saturated carbocycles. The Morgan fingerprint density at radius 1 is 1.38 bits per heavy atom. The first-order valence-electron chi connectivity index (χ1n) is 4.93. The van der Waals surface area contributed by atoms with Gasteiger partial charge in [0.15, 0.2) is 0 Å². The fraction of sp³-hybridized carbons (Fsp3) is 0.900. The molecule has 0 aromatic rings. The fourth-order valence-corrected chi connectivity index (χ4v) is 1.66. The van der Waals surface area contributed by atoms with Crippen molar-refractivity contribution in [3.8, 4) is 0 Å². The highest BCUT2D eigenvalue weighted by atomic mass is 79.9. The van der Waals surface area contributed by atoms with Crippen LogP contribution in [0.15, 0.2) is 0 Å². The highest BCUT2D eigenvalue weighted by molar-refractivity contribution is 9.09. The first kappa shape index (κ1) is 12.9. The van der Waals surface area contributed by atoms with Crippen molar-refractivity contribution in [2.75, 3.05) is 5.33 Å². The molecule has 0 amide bonds. The molecule has 1 unspecified atom stereocenters. The quantitative estimate of drug-likeness (QED) is 0.394. The van der Waals surface area contributed by atoms with Crippen LogP contribution in [0.1, 0.15) is 46.0 Å². The van der Waals surface area contributed by atoms with E-state index in [1.807, 2.05) is 0 Å². The Labute approximate surface area is 89.2 Å².